The lowest BCUT2D eigenvalue weighted by Crippen LogP contribution is -2.39. The minimum Gasteiger partial charge on any atom is -0.480 e. The van der Waals surface area contributed by atoms with Gasteiger partial charge in [-0.3, -0.25) is 4.79 Å². The Morgan fingerprint density at radius 1 is 1.52 bits per heavy atom. The van der Waals surface area contributed by atoms with Crippen LogP contribution in [0, 0.1) is 6.92 Å². The summed E-state index contributed by atoms with van der Waals surface area (Å²) in [6.45, 7) is 6.10. The summed E-state index contributed by atoms with van der Waals surface area (Å²) < 4.78 is 5.76. The first-order chi connectivity index (χ1) is 10.0. The Kier molecular flexibility index (Phi) is 4.75. The first-order valence-corrected chi connectivity index (χ1v) is 6.84. The number of rotatable bonds is 5. The molecule has 1 amide bonds. The van der Waals surface area contributed by atoms with E-state index in [0.29, 0.717) is 13.0 Å². The molecule has 5 nitrogen and oxygen atoms in total. The third-order valence-corrected chi connectivity index (χ3v) is 3.57. The normalized spacial score (nSPS) is 21.3. The second kappa shape index (κ2) is 6.54. The molecule has 21 heavy (non-hydrogen) atoms. The van der Waals surface area contributed by atoms with Crippen LogP contribution in [-0.4, -0.2) is 40.6 Å². The highest BCUT2D eigenvalue weighted by Crippen LogP contribution is 2.22. The lowest BCUT2D eigenvalue weighted by Gasteiger charge is -2.19. The monoisotopic (exact) mass is 289 g/mol. The van der Waals surface area contributed by atoms with Gasteiger partial charge in [0, 0.05) is 13.0 Å². The number of benzene rings is 1. The molecule has 0 unspecified atom stereocenters. The van der Waals surface area contributed by atoms with Crippen LogP contribution in [0.4, 0.5) is 0 Å². The Labute approximate surface area is 123 Å². The van der Waals surface area contributed by atoms with Crippen LogP contribution < -0.4 is 0 Å². The van der Waals surface area contributed by atoms with Crippen LogP contribution in [0.1, 0.15) is 17.5 Å². The highest BCUT2D eigenvalue weighted by molar-refractivity contribution is 5.91. The van der Waals surface area contributed by atoms with E-state index >= 15 is 0 Å². The average Bonchev–Trinajstić information content (AvgIpc) is 2.89. The lowest BCUT2D eigenvalue weighted by molar-refractivity contribution is -0.146. The molecule has 1 fully saturated rings. The zero-order chi connectivity index (χ0) is 15.4. The summed E-state index contributed by atoms with van der Waals surface area (Å²) in [7, 11) is 0. The van der Waals surface area contributed by atoms with Crippen LogP contribution in [0.5, 0.6) is 0 Å². The molecule has 1 heterocycles. The number of carboxylic acids is 1. The highest BCUT2D eigenvalue weighted by Gasteiger charge is 2.39. The molecule has 2 rings (SSSR count). The van der Waals surface area contributed by atoms with E-state index in [0.717, 1.165) is 17.2 Å². The number of carbonyl (C=O) groups excluding carboxylic acids is 1. The van der Waals surface area contributed by atoms with Gasteiger partial charge in [0.1, 0.15) is 6.04 Å². The first-order valence-electron chi connectivity index (χ1n) is 6.84. The van der Waals surface area contributed by atoms with Crippen LogP contribution in [0.2, 0.25) is 0 Å². The van der Waals surface area contributed by atoms with Gasteiger partial charge in [-0.15, -0.1) is 0 Å². The van der Waals surface area contributed by atoms with Crippen molar-refractivity contribution in [3.05, 3.63) is 48.0 Å². The molecule has 112 valence electrons. The van der Waals surface area contributed by atoms with Crippen LogP contribution in [0.15, 0.2) is 36.9 Å². The third kappa shape index (κ3) is 3.70. The topological polar surface area (TPSA) is 66.8 Å². The molecule has 1 saturated heterocycles. The molecule has 1 aromatic carbocycles. The summed E-state index contributed by atoms with van der Waals surface area (Å²) >= 11 is 0. The summed E-state index contributed by atoms with van der Waals surface area (Å²) in [5.74, 6) is -1.38. The fraction of sp³-hybridized carbons (Fsp3) is 0.375. The summed E-state index contributed by atoms with van der Waals surface area (Å²) in [5, 5.41) is 9.18. The van der Waals surface area contributed by atoms with E-state index in [-0.39, 0.29) is 18.6 Å². The standard InChI is InChI=1S/C16H19NO4/c1-3-15(18)17-9-13(8-14(17)16(19)20)21-10-12-6-4-5-11(2)7-12/h3-7,13-14H,1,8-10H2,2H3,(H,19,20)/t13-,14+/m0/s1. The zero-order valence-electron chi connectivity index (χ0n) is 12.0. The second-order valence-electron chi connectivity index (χ2n) is 5.21. The van der Waals surface area contributed by atoms with Gasteiger partial charge in [0.25, 0.3) is 0 Å². The van der Waals surface area contributed by atoms with Crippen molar-refractivity contribution in [2.24, 2.45) is 0 Å². The van der Waals surface area contributed by atoms with Crippen molar-refractivity contribution < 1.29 is 19.4 Å². The highest BCUT2D eigenvalue weighted by atomic mass is 16.5. The number of aryl methyl sites for hydroxylation is 1. The van der Waals surface area contributed by atoms with Crippen LogP contribution in [-0.2, 0) is 20.9 Å². The van der Waals surface area contributed by atoms with Crippen LogP contribution in [0.3, 0.4) is 0 Å². The van der Waals surface area contributed by atoms with Gasteiger partial charge >= 0.3 is 5.97 Å². The van der Waals surface area contributed by atoms with Crippen molar-refractivity contribution >= 4 is 11.9 Å². The number of carboxylic acid groups (broad SMARTS) is 1. The SMILES string of the molecule is C=CC(=O)N1C[C@@H](OCc2cccc(C)c2)C[C@@H]1C(=O)O. The Morgan fingerprint density at radius 2 is 2.29 bits per heavy atom. The van der Waals surface area contributed by atoms with Gasteiger partial charge in [0.2, 0.25) is 5.91 Å². The molecule has 1 aromatic rings. The van der Waals surface area contributed by atoms with Crippen molar-refractivity contribution in [2.45, 2.75) is 32.1 Å². The molecule has 0 aliphatic carbocycles. The Hall–Kier alpha value is -2.14. The maximum absolute atomic E-state index is 11.7. The van der Waals surface area contributed by atoms with Gasteiger partial charge in [-0.2, -0.15) is 0 Å². The predicted molar refractivity (Wildman–Crippen MR) is 77.7 cm³/mol. The van der Waals surface area contributed by atoms with Gasteiger partial charge in [0.05, 0.1) is 12.7 Å². The Balaban J connectivity index is 1.97. The minimum atomic E-state index is -1.01. The van der Waals surface area contributed by atoms with Crippen molar-refractivity contribution in [3.8, 4) is 0 Å². The molecule has 5 heteroatoms. The molecule has 1 aliphatic rings. The van der Waals surface area contributed by atoms with Gasteiger partial charge in [0.15, 0.2) is 0 Å². The fourth-order valence-corrected chi connectivity index (χ4v) is 2.53. The fourth-order valence-electron chi connectivity index (χ4n) is 2.53. The van der Waals surface area contributed by atoms with Crippen LogP contribution in [0.25, 0.3) is 0 Å². The number of likely N-dealkylation sites (tertiary alicyclic amines) is 1. The smallest absolute Gasteiger partial charge is 0.326 e. The Morgan fingerprint density at radius 3 is 2.90 bits per heavy atom. The molecule has 2 atom stereocenters. The molecule has 0 radical (unpaired) electrons. The molecule has 0 spiro atoms. The van der Waals surface area contributed by atoms with E-state index in [1.807, 2.05) is 31.2 Å². The minimum absolute atomic E-state index is 0.268. The molecular weight excluding hydrogens is 270 g/mol. The molecule has 0 aromatic heterocycles. The predicted octanol–water partition coefficient (Wildman–Crippen LogP) is 1.75. The van der Waals surface area contributed by atoms with Crippen molar-refractivity contribution in [1.82, 2.24) is 4.90 Å². The van der Waals surface area contributed by atoms with Crippen molar-refractivity contribution in [1.29, 1.82) is 0 Å². The van der Waals surface area contributed by atoms with Gasteiger partial charge in [-0.1, -0.05) is 36.4 Å². The number of aliphatic carboxylic acids is 1. The Bertz CT molecular complexity index is 555. The van der Waals surface area contributed by atoms with E-state index < -0.39 is 12.0 Å². The maximum Gasteiger partial charge on any atom is 0.326 e. The second-order valence-corrected chi connectivity index (χ2v) is 5.21. The average molecular weight is 289 g/mol. The molecule has 1 N–H and O–H groups in total. The van der Waals surface area contributed by atoms with E-state index in [1.54, 1.807) is 0 Å². The molecule has 1 aliphatic heterocycles. The van der Waals surface area contributed by atoms with Crippen molar-refractivity contribution in [3.63, 3.8) is 0 Å². The van der Waals surface area contributed by atoms with E-state index in [4.69, 9.17) is 4.74 Å². The molecule has 0 saturated carbocycles. The summed E-state index contributed by atoms with van der Waals surface area (Å²) in [4.78, 5) is 24.2. The quantitative estimate of drug-likeness (QED) is 0.839. The zero-order valence-corrected chi connectivity index (χ0v) is 12.0. The lowest BCUT2D eigenvalue weighted by atomic mass is 10.1. The van der Waals surface area contributed by atoms with E-state index in [1.165, 1.54) is 4.90 Å². The number of hydrogen-bond donors (Lipinski definition) is 1. The van der Waals surface area contributed by atoms with Gasteiger partial charge in [-0.25, -0.2) is 4.79 Å². The van der Waals surface area contributed by atoms with Gasteiger partial charge in [-0.05, 0) is 18.6 Å². The molecular formula is C16H19NO4. The largest absolute Gasteiger partial charge is 0.480 e. The maximum atomic E-state index is 11.7. The third-order valence-electron chi connectivity index (χ3n) is 3.57. The summed E-state index contributed by atoms with van der Waals surface area (Å²) in [6.07, 6.45) is 1.18. The van der Waals surface area contributed by atoms with E-state index in [9.17, 15) is 14.7 Å². The first kappa shape index (κ1) is 15.3. The molecule has 0 bridgehead atoms. The van der Waals surface area contributed by atoms with E-state index in [2.05, 4.69) is 6.58 Å². The van der Waals surface area contributed by atoms with Gasteiger partial charge < -0.3 is 14.7 Å². The summed E-state index contributed by atoms with van der Waals surface area (Å²) in [6, 6.07) is 7.11. The van der Waals surface area contributed by atoms with Crippen LogP contribution >= 0.6 is 0 Å². The number of ether oxygens (including phenoxy) is 1. The number of amides is 1. The van der Waals surface area contributed by atoms with Crippen molar-refractivity contribution in [2.75, 3.05) is 6.54 Å². The number of hydrogen-bond acceptors (Lipinski definition) is 3. The summed E-state index contributed by atoms with van der Waals surface area (Å²) in [5.41, 5.74) is 2.18. The number of carbonyl (C=O) groups is 2. The number of nitrogens with zero attached hydrogens (tertiary/aromatic N) is 1.